The van der Waals surface area contributed by atoms with E-state index in [9.17, 15) is 14.4 Å². The third-order valence-electron chi connectivity index (χ3n) is 12.7. The highest BCUT2D eigenvalue weighted by Gasteiger charge is 2.59. The zero-order valence-electron chi connectivity index (χ0n) is 29.2. The number of nitrogens with one attached hydrogen (secondary N) is 1. The average Bonchev–Trinajstić information content (AvgIpc) is 3.32. The molecule has 0 aromatic heterocycles. The van der Waals surface area contributed by atoms with Crippen molar-refractivity contribution in [2.45, 2.75) is 138 Å². The van der Waals surface area contributed by atoms with Crippen LogP contribution in [0.15, 0.2) is 11.6 Å². The lowest BCUT2D eigenvalue weighted by atomic mass is 9.47. The number of allylic oxidation sites excluding steroid dienone is 1. The molecule has 250 valence electrons. The molecule has 6 heteroatoms. The minimum absolute atomic E-state index is 0.0788. The fraction of sp³-hybridized carbons (Fsp3) is 0.868. The zero-order chi connectivity index (χ0) is 32.2. The molecule has 3 fully saturated rings. The maximum atomic E-state index is 13.4. The van der Waals surface area contributed by atoms with Gasteiger partial charge in [-0.1, -0.05) is 79.4 Å². The van der Waals surface area contributed by atoms with E-state index >= 15 is 0 Å². The van der Waals surface area contributed by atoms with Gasteiger partial charge >= 0.3 is 12.1 Å². The van der Waals surface area contributed by atoms with Gasteiger partial charge in [0.25, 0.3) is 0 Å². The first-order chi connectivity index (χ1) is 20.8. The van der Waals surface area contributed by atoms with Gasteiger partial charge in [0.15, 0.2) is 5.78 Å². The summed E-state index contributed by atoms with van der Waals surface area (Å²) in [7, 11) is 1.27. The van der Waals surface area contributed by atoms with Crippen LogP contribution in [0, 0.1) is 58.2 Å². The van der Waals surface area contributed by atoms with Crippen molar-refractivity contribution in [3.8, 4) is 0 Å². The molecule has 0 bridgehead atoms. The Hall–Kier alpha value is -1.85. The van der Waals surface area contributed by atoms with Gasteiger partial charge in [0.05, 0.1) is 19.6 Å². The van der Waals surface area contributed by atoms with Crippen molar-refractivity contribution in [2.75, 3.05) is 13.7 Å². The van der Waals surface area contributed by atoms with Crippen LogP contribution in [-0.2, 0) is 19.1 Å². The summed E-state index contributed by atoms with van der Waals surface area (Å²) in [6, 6.07) is 0. The molecule has 4 rings (SSSR count). The van der Waals surface area contributed by atoms with Crippen LogP contribution in [0.25, 0.3) is 0 Å². The van der Waals surface area contributed by atoms with E-state index < -0.39 is 12.0 Å². The molecular formula is C38H63NO5. The number of ketones is 1. The highest BCUT2D eigenvalue weighted by Crippen LogP contribution is 2.67. The minimum Gasteiger partial charge on any atom is -0.462 e. The van der Waals surface area contributed by atoms with Crippen molar-refractivity contribution in [1.29, 1.82) is 0 Å². The summed E-state index contributed by atoms with van der Waals surface area (Å²) < 4.78 is 10.7. The minimum atomic E-state index is -0.642. The zero-order valence-corrected chi connectivity index (χ0v) is 29.2. The topological polar surface area (TPSA) is 81.7 Å². The Morgan fingerprint density at radius 1 is 0.955 bits per heavy atom. The Morgan fingerprint density at radius 3 is 2.39 bits per heavy atom. The van der Waals surface area contributed by atoms with Crippen LogP contribution in [0.4, 0.5) is 4.79 Å². The van der Waals surface area contributed by atoms with E-state index in [0.29, 0.717) is 11.8 Å². The Bertz CT molecular complexity index is 1050. The fourth-order valence-electron chi connectivity index (χ4n) is 10.4. The van der Waals surface area contributed by atoms with Crippen LogP contribution in [0.5, 0.6) is 0 Å². The molecule has 0 aromatic rings. The van der Waals surface area contributed by atoms with Crippen molar-refractivity contribution >= 4 is 17.8 Å². The number of carbonyl (C=O) groups excluding carboxylic acids is 3. The molecule has 4 aliphatic carbocycles. The van der Waals surface area contributed by atoms with Crippen LogP contribution in [0.3, 0.4) is 0 Å². The molecule has 0 saturated heterocycles. The van der Waals surface area contributed by atoms with Gasteiger partial charge in [0.2, 0.25) is 0 Å². The Kier molecular flexibility index (Phi) is 11.7. The predicted octanol–water partition coefficient (Wildman–Crippen LogP) is 8.92. The monoisotopic (exact) mass is 613 g/mol. The largest absolute Gasteiger partial charge is 0.462 e. The first-order valence-corrected chi connectivity index (χ1v) is 18.0. The highest BCUT2D eigenvalue weighted by atomic mass is 16.5. The molecule has 44 heavy (non-hydrogen) atoms. The number of fused-ring (bicyclic) bond motifs is 5. The van der Waals surface area contributed by atoms with Gasteiger partial charge < -0.3 is 14.8 Å². The quantitative estimate of drug-likeness (QED) is 0.166. The lowest BCUT2D eigenvalue weighted by Crippen LogP contribution is -2.51. The Balaban J connectivity index is 1.37. The normalized spacial score (nSPS) is 34.3. The maximum absolute atomic E-state index is 13.4. The number of hydrogen-bond donors (Lipinski definition) is 1. The Morgan fingerprint density at radius 2 is 1.70 bits per heavy atom. The molecule has 9 atom stereocenters. The summed E-state index contributed by atoms with van der Waals surface area (Å²) >= 11 is 0. The van der Waals surface area contributed by atoms with Crippen LogP contribution >= 0.6 is 0 Å². The third-order valence-corrected chi connectivity index (χ3v) is 12.7. The number of Topliss-reactive ketones (excluding diaryl/α,β-unsaturated/α-hetero) is 1. The van der Waals surface area contributed by atoms with Gasteiger partial charge in [0.1, 0.15) is 6.10 Å². The van der Waals surface area contributed by atoms with Crippen molar-refractivity contribution in [3.63, 3.8) is 0 Å². The van der Waals surface area contributed by atoms with E-state index in [2.05, 4.69) is 64.6 Å². The molecule has 0 radical (unpaired) electrons. The van der Waals surface area contributed by atoms with Crippen molar-refractivity contribution < 1.29 is 23.9 Å². The second-order valence-electron chi connectivity index (χ2n) is 16.5. The van der Waals surface area contributed by atoms with Crippen molar-refractivity contribution in [3.05, 3.63) is 11.6 Å². The molecule has 4 aliphatic rings. The second kappa shape index (κ2) is 14.7. The maximum Gasteiger partial charge on any atom is 0.407 e. The van der Waals surface area contributed by atoms with Gasteiger partial charge in [0, 0.05) is 12.8 Å². The number of ether oxygens (including phenoxy) is 2. The molecule has 0 heterocycles. The number of alkyl carbamates (subject to hydrolysis) is 1. The van der Waals surface area contributed by atoms with Crippen LogP contribution in [0.1, 0.15) is 132 Å². The molecule has 3 saturated carbocycles. The Labute approximate surface area is 268 Å². The van der Waals surface area contributed by atoms with Gasteiger partial charge in [-0.25, -0.2) is 4.79 Å². The van der Waals surface area contributed by atoms with Gasteiger partial charge in [-0.3, -0.25) is 9.59 Å². The molecule has 1 unspecified atom stereocenters. The summed E-state index contributed by atoms with van der Waals surface area (Å²) in [5.74, 6) is 4.20. The summed E-state index contributed by atoms with van der Waals surface area (Å²) in [5.41, 5.74) is 2.21. The molecule has 0 spiro atoms. The standard InChI is InChI=1S/C38H63NO5/c1-24(2)10-9-11-26(5)32-14-15-33-31-13-12-28-22-30(16-18-37(28,6)34(31)17-19-38(32,33)7)44-35(41)27(20-25(3)4)21-29(40)23-39-36(42)43-8/h12,24-27,30-34H,9-11,13-23H2,1-8H3,(H,39,42)/t26-,27?,30+,31+,32-,33+,34+,37+,38-/m1/s1. The van der Waals surface area contributed by atoms with Gasteiger partial charge in [-0.2, -0.15) is 0 Å². The SMILES string of the molecule is COC(=O)NCC(=O)CC(CC(C)C)C(=O)O[C@H]1CC[C@@]2(C)C(=CC[C@H]3[C@@H]4CC[C@H]([C@H](C)CCCC(C)C)[C@@]4(C)CC[C@@H]32)C1. The van der Waals surface area contributed by atoms with Crippen LogP contribution < -0.4 is 5.32 Å². The molecule has 0 aromatic carbocycles. The van der Waals surface area contributed by atoms with E-state index in [1.54, 1.807) is 0 Å². The molecule has 0 aliphatic heterocycles. The fourth-order valence-corrected chi connectivity index (χ4v) is 10.4. The van der Waals surface area contributed by atoms with E-state index in [1.165, 1.54) is 64.0 Å². The van der Waals surface area contributed by atoms with Crippen molar-refractivity contribution in [2.24, 2.45) is 58.2 Å². The number of rotatable bonds is 13. The second-order valence-corrected chi connectivity index (χ2v) is 16.5. The summed E-state index contributed by atoms with van der Waals surface area (Å²) in [5, 5.41) is 2.43. The van der Waals surface area contributed by atoms with E-state index in [-0.39, 0.29) is 42.2 Å². The van der Waals surface area contributed by atoms with E-state index in [1.807, 2.05) is 0 Å². The molecule has 6 nitrogen and oxygen atoms in total. The highest BCUT2D eigenvalue weighted by molar-refractivity contribution is 5.87. The summed E-state index contributed by atoms with van der Waals surface area (Å²) in [4.78, 5) is 37.3. The first kappa shape index (κ1) is 35.0. The number of hydrogen-bond acceptors (Lipinski definition) is 5. The van der Waals surface area contributed by atoms with Gasteiger partial charge in [-0.05, 0) is 104 Å². The smallest absolute Gasteiger partial charge is 0.407 e. The number of amides is 1. The lowest BCUT2D eigenvalue weighted by Gasteiger charge is -2.58. The number of methoxy groups -OCH3 is 1. The van der Waals surface area contributed by atoms with Gasteiger partial charge in [-0.15, -0.1) is 0 Å². The van der Waals surface area contributed by atoms with E-state index in [0.717, 1.165) is 54.8 Å². The van der Waals surface area contributed by atoms with Crippen molar-refractivity contribution in [1.82, 2.24) is 5.32 Å². The van der Waals surface area contributed by atoms with Crippen LogP contribution in [-0.4, -0.2) is 37.6 Å². The average molecular weight is 614 g/mol. The lowest BCUT2D eigenvalue weighted by molar-refractivity contribution is -0.158. The number of esters is 1. The molecule has 1 N–H and O–H groups in total. The summed E-state index contributed by atoms with van der Waals surface area (Å²) in [6.45, 7) is 16.4. The third kappa shape index (κ3) is 7.74. The first-order valence-electron chi connectivity index (χ1n) is 18.0. The predicted molar refractivity (Wildman–Crippen MR) is 176 cm³/mol. The molecular weight excluding hydrogens is 550 g/mol. The van der Waals surface area contributed by atoms with E-state index in [4.69, 9.17) is 4.74 Å². The summed E-state index contributed by atoms with van der Waals surface area (Å²) in [6.07, 6.45) is 16.1. The van der Waals surface area contributed by atoms with Crippen LogP contribution in [0.2, 0.25) is 0 Å². The number of carbonyl (C=O) groups is 3. The molecule has 1 amide bonds.